The second-order valence-electron chi connectivity index (χ2n) is 6.05. The Hall–Kier alpha value is -2.32. The summed E-state index contributed by atoms with van der Waals surface area (Å²) in [7, 11) is -3.44. The lowest BCUT2D eigenvalue weighted by Crippen LogP contribution is -2.25. The molecule has 3 rings (SSSR count). The van der Waals surface area contributed by atoms with Gasteiger partial charge in [0.2, 0.25) is 10.0 Å². The van der Waals surface area contributed by atoms with Crippen LogP contribution in [0.2, 0.25) is 10.0 Å². The third kappa shape index (κ3) is 4.74. The van der Waals surface area contributed by atoms with Crippen LogP contribution in [-0.2, 0) is 15.8 Å². The van der Waals surface area contributed by atoms with Gasteiger partial charge in [-0.25, -0.2) is 13.1 Å². The highest BCUT2D eigenvalue weighted by Gasteiger charge is 2.17. The Morgan fingerprint density at radius 1 is 1.14 bits per heavy atom. The van der Waals surface area contributed by atoms with Gasteiger partial charge in [0.15, 0.2) is 0 Å². The lowest BCUT2D eigenvalue weighted by Gasteiger charge is -2.07. The molecule has 146 valence electrons. The van der Waals surface area contributed by atoms with E-state index in [4.69, 9.17) is 23.2 Å². The normalized spacial score (nSPS) is 11.5. The Morgan fingerprint density at radius 2 is 1.86 bits per heavy atom. The largest absolute Gasteiger partial charge is 0.349 e. The van der Waals surface area contributed by atoms with Crippen LogP contribution < -0.4 is 10.0 Å². The molecule has 0 saturated heterocycles. The Kier molecular flexibility index (Phi) is 6.10. The number of aromatic nitrogens is 1. The zero-order valence-electron chi connectivity index (χ0n) is 14.6. The summed E-state index contributed by atoms with van der Waals surface area (Å²) in [6, 6.07) is 11.7. The van der Waals surface area contributed by atoms with Crippen LogP contribution in [0.3, 0.4) is 0 Å². The van der Waals surface area contributed by atoms with Crippen molar-refractivity contribution in [2.45, 2.75) is 5.75 Å². The molecule has 0 fully saturated rings. The van der Waals surface area contributed by atoms with E-state index in [1.165, 1.54) is 6.08 Å². The summed E-state index contributed by atoms with van der Waals surface area (Å²) in [6.07, 6.45) is 1.47. The van der Waals surface area contributed by atoms with E-state index in [1.807, 2.05) is 0 Å². The molecule has 0 atom stereocenters. The average molecular weight is 438 g/mol. The molecule has 0 aliphatic heterocycles. The molecule has 1 amide bonds. The number of nitrogens with one attached hydrogen (secondary N) is 3. The van der Waals surface area contributed by atoms with E-state index in [0.29, 0.717) is 27.2 Å². The summed E-state index contributed by atoms with van der Waals surface area (Å²) < 4.78 is 26.2. The van der Waals surface area contributed by atoms with Crippen molar-refractivity contribution in [3.63, 3.8) is 0 Å². The number of hydrogen-bond donors (Lipinski definition) is 3. The number of hydrogen-bond acceptors (Lipinski definition) is 3. The number of aromatic amines is 1. The fourth-order valence-corrected chi connectivity index (χ4v) is 4.19. The molecule has 2 aromatic carbocycles. The Morgan fingerprint density at radius 3 is 2.54 bits per heavy atom. The van der Waals surface area contributed by atoms with Gasteiger partial charge in [-0.2, -0.15) is 0 Å². The van der Waals surface area contributed by atoms with Crippen molar-refractivity contribution in [3.05, 3.63) is 76.4 Å². The van der Waals surface area contributed by atoms with E-state index in [2.05, 4.69) is 21.6 Å². The van der Waals surface area contributed by atoms with E-state index in [9.17, 15) is 13.2 Å². The molecule has 28 heavy (non-hydrogen) atoms. The first-order valence-electron chi connectivity index (χ1n) is 8.24. The number of rotatable bonds is 7. The van der Waals surface area contributed by atoms with Gasteiger partial charge in [0.05, 0.1) is 10.8 Å². The number of H-pyrrole nitrogens is 1. The molecule has 3 N–H and O–H groups in total. The van der Waals surface area contributed by atoms with E-state index in [-0.39, 0.29) is 23.0 Å². The van der Waals surface area contributed by atoms with Crippen LogP contribution >= 0.6 is 23.2 Å². The summed E-state index contributed by atoms with van der Waals surface area (Å²) >= 11 is 12.3. The monoisotopic (exact) mass is 437 g/mol. The van der Waals surface area contributed by atoms with E-state index < -0.39 is 15.9 Å². The third-order valence-corrected chi connectivity index (χ3v) is 5.89. The minimum Gasteiger partial charge on any atom is -0.349 e. The van der Waals surface area contributed by atoms with Crippen molar-refractivity contribution in [2.24, 2.45) is 0 Å². The zero-order valence-corrected chi connectivity index (χ0v) is 17.0. The smallest absolute Gasteiger partial charge is 0.273 e. The topological polar surface area (TPSA) is 91.1 Å². The number of anilines is 1. The van der Waals surface area contributed by atoms with Gasteiger partial charge in [-0.05, 0) is 35.9 Å². The van der Waals surface area contributed by atoms with Gasteiger partial charge in [0.25, 0.3) is 5.91 Å². The van der Waals surface area contributed by atoms with Gasteiger partial charge < -0.3 is 10.3 Å². The maximum atomic E-state index is 12.5. The molecule has 6 nitrogen and oxygen atoms in total. The van der Waals surface area contributed by atoms with Crippen molar-refractivity contribution in [1.82, 2.24) is 9.71 Å². The molecule has 9 heteroatoms. The van der Waals surface area contributed by atoms with Gasteiger partial charge in [-0.3, -0.25) is 4.79 Å². The first kappa shape index (κ1) is 20.4. The van der Waals surface area contributed by atoms with Crippen LogP contribution in [0.1, 0.15) is 16.1 Å². The zero-order chi connectivity index (χ0) is 20.3. The molecule has 0 aliphatic rings. The van der Waals surface area contributed by atoms with Gasteiger partial charge in [-0.1, -0.05) is 41.4 Å². The maximum absolute atomic E-state index is 12.5. The van der Waals surface area contributed by atoms with Crippen LogP contribution in [-0.4, -0.2) is 25.9 Å². The first-order chi connectivity index (χ1) is 13.3. The van der Waals surface area contributed by atoms with Crippen molar-refractivity contribution < 1.29 is 13.2 Å². The molecule has 0 bridgehead atoms. The van der Waals surface area contributed by atoms with E-state index in [0.717, 1.165) is 0 Å². The van der Waals surface area contributed by atoms with Crippen molar-refractivity contribution >= 4 is 55.7 Å². The van der Waals surface area contributed by atoms with Crippen molar-refractivity contribution in [1.29, 1.82) is 0 Å². The van der Waals surface area contributed by atoms with Crippen LogP contribution in [0.15, 0.2) is 55.1 Å². The highest BCUT2D eigenvalue weighted by molar-refractivity contribution is 7.88. The van der Waals surface area contributed by atoms with Crippen LogP contribution in [0.25, 0.3) is 10.9 Å². The number of halogens is 2. The summed E-state index contributed by atoms with van der Waals surface area (Å²) in [5.74, 6) is -0.575. The van der Waals surface area contributed by atoms with Crippen molar-refractivity contribution in [2.75, 3.05) is 11.9 Å². The molecule has 0 spiro atoms. The van der Waals surface area contributed by atoms with Gasteiger partial charge in [0.1, 0.15) is 5.69 Å². The fourth-order valence-electron chi connectivity index (χ4n) is 2.62. The second kappa shape index (κ2) is 8.36. The van der Waals surface area contributed by atoms with Crippen molar-refractivity contribution in [3.8, 4) is 0 Å². The molecular formula is C19H17Cl2N3O3S. The fraction of sp³-hybridized carbons (Fsp3) is 0.105. The summed E-state index contributed by atoms with van der Waals surface area (Å²) in [6.45, 7) is 3.65. The van der Waals surface area contributed by atoms with Gasteiger partial charge in [-0.15, -0.1) is 6.58 Å². The number of amides is 1. The van der Waals surface area contributed by atoms with Gasteiger partial charge in [0, 0.05) is 28.2 Å². The third-order valence-electron chi connectivity index (χ3n) is 3.94. The number of sulfonamides is 1. The van der Waals surface area contributed by atoms with Gasteiger partial charge >= 0.3 is 0 Å². The quantitative estimate of drug-likeness (QED) is 0.480. The van der Waals surface area contributed by atoms with Crippen LogP contribution in [0, 0.1) is 0 Å². The van der Waals surface area contributed by atoms with Crippen LogP contribution in [0.5, 0.6) is 0 Å². The Bertz CT molecular complexity index is 1140. The molecule has 3 aromatic rings. The van der Waals surface area contributed by atoms with E-state index >= 15 is 0 Å². The highest BCUT2D eigenvalue weighted by Crippen LogP contribution is 2.30. The predicted molar refractivity (Wildman–Crippen MR) is 114 cm³/mol. The lowest BCUT2D eigenvalue weighted by molar-refractivity contribution is 0.102. The molecule has 1 heterocycles. The number of benzene rings is 2. The molecular weight excluding hydrogens is 421 g/mol. The SMILES string of the molecule is C=CCNS(=O)(=O)Cc1ccc(NC(=O)c2[nH]c3ccc(Cl)cc3c2Cl)cc1. The van der Waals surface area contributed by atoms with E-state index in [1.54, 1.807) is 42.5 Å². The summed E-state index contributed by atoms with van der Waals surface area (Å²) in [5.41, 5.74) is 2.03. The number of carbonyl (C=O) groups excluding carboxylic acids is 1. The molecule has 0 aliphatic carbocycles. The Balaban J connectivity index is 1.73. The molecule has 0 unspecified atom stereocenters. The van der Waals surface area contributed by atoms with Crippen LogP contribution in [0.4, 0.5) is 5.69 Å². The number of fused-ring (bicyclic) bond motifs is 1. The second-order valence-corrected chi connectivity index (χ2v) is 8.67. The minimum atomic E-state index is -3.44. The Labute approximate surface area is 172 Å². The number of carbonyl (C=O) groups is 1. The highest BCUT2D eigenvalue weighted by atomic mass is 35.5. The lowest BCUT2D eigenvalue weighted by atomic mass is 10.2. The molecule has 0 saturated carbocycles. The first-order valence-corrected chi connectivity index (χ1v) is 10.6. The molecule has 0 radical (unpaired) electrons. The summed E-state index contributed by atoms with van der Waals surface area (Å²) in [4.78, 5) is 15.5. The summed E-state index contributed by atoms with van der Waals surface area (Å²) in [5, 5.41) is 4.20. The average Bonchev–Trinajstić information content (AvgIpc) is 2.98. The standard InChI is InChI=1S/C19H17Cl2N3O3S/c1-2-9-22-28(26,27)11-12-3-6-14(7-4-12)23-19(25)18-17(21)15-10-13(20)5-8-16(15)24-18/h2-8,10,22,24H,1,9,11H2,(H,23,25). The minimum absolute atomic E-state index is 0.163. The predicted octanol–water partition coefficient (Wildman–Crippen LogP) is 4.33. The maximum Gasteiger partial charge on any atom is 0.273 e. The molecule has 1 aromatic heterocycles.